The van der Waals surface area contributed by atoms with Gasteiger partial charge < -0.3 is 25.4 Å². The molecule has 150 valence electrons. The lowest BCUT2D eigenvalue weighted by Crippen LogP contribution is -2.51. The van der Waals surface area contributed by atoms with E-state index >= 15 is 0 Å². The number of hydrogen-bond donors (Lipinski definition) is 3. The van der Waals surface area contributed by atoms with Gasteiger partial charge in [-0.15, -0.1) is 0 Å². The third-order valence-corrected chi connectivity index (χ3v) is 4.81. The number of piperidine rings is 1. The van der Waals surface area contributed by atoms with Gasteiger partial charge in [0.25, 0.3) is 5.91 Å². The number of methoxy groups -OCH3 is 2. The van der Waals surface area contributed by atoms with Crippen molar-refractivity contribution in [1.29, 1.82) is 0 Å². The van der Waals surface area contributed by atoms with E-state index in [2.05, 4.69) is 16.0 Å². The van der Waals surface area contributed by atoms with E-state index in [-0.39, 0.29) is 17.7 Å². The van der Waals surface area contributed by atoms with Crippen LogP contribution in [-0.2, 0) is 4.79 Å². The lowest BCUT2D eigenvalue weighted by molar-refractivity contribution is -0.124. The largest absolute Gasteiger partial charge is 0.497 e. The molecule has 1 fully saturated rings. The number of nitrogens with one attached hydrogen (secondary N) is 3. The van der Waals surface area contributed by atoms with Crippen molar-refractivity contribution in [3.8, 4) is 11.5 Å². The Labute approximate surface area is 161 Å². The molecule has 2 atom stereocenters. The molecule has 0 aliphatic carbocycles. The van der Waals surface area contributed by atoms with Gasteiger partial charge in [-0.3, -0.25) is 9.59 Å². The van der Waals surface area contributed by atoms with E-state index in [1.54, 1.807) is 18.2 Å². The van der Waals surface area contributed by atoms with Crippen molar-refractivity contribution >= 4 is 11.8 Å². The molecule has 0 spiro atoms. The first kappa shape index (κ1) is 21.0. The fourth-order valence-electron chi connectivity index (χ4n) is 3.15. The van der Waals surface area contributed by atoms with Gasteiger partial charge in [0.15, 0.2) is 0 Å². The zero-order valence-corrected chi connectivity index (χ0v) is 16.6. The zero-order chi connectivity index (χ0) is 19.8. The van der Waals surface area contributed by atoms with E-state index in [4.69, 9.17) is 9.47 Å². The van der Waals surface area contributed by atoms with Gasteiger partial charge in [-0.2, -0.15) is 0 Å². The Kier molecular flexibility index (Phi) is 7.91. The molecule has 2 rings (SSSR count). The smallest absolute Gasteiger partial charge is 0.252 e. The Hall–Kier alpha value is -2.28. The summed E-state index contributed by atoms with van der Waals surface area (Å²) in [6, 6.07) is 4.34. The normalized spacial score (nSPS) is 17.9. The van der Waals surface area contributed by atoms with Crippen molar-refractivity contribution < 1.29 is 19.1 Å². The predicted octanol–water partition coefficient (Wildman–Crippen LogP) is 1.57. The Morgan fingerprint density at radius 3 is 2.37 bits per heavy atom. The molecule has 0 radical (unpaired) electrons. The summed E-state index contributed by atoms with van der Waals surface area (Å²) in [5, 5.41) is 9.18. The van der Waals surface area contributed by atoms with Gasteiger partial charge in [-0.05, 0) is 49.9 Å². The average Bonchev–Trinajstić information content (AvgIpc) is 2.70. The Balaban J connectivity index is 2.01. The summed E-state index contributed by atoms with van der Waals surface area (Å²) < 4.78 is 10.4. The molecule has 1 heterocycles. The van der Waals surface area contributed by atoms with E-state index < -0.39 is 6.04 Å². The minimum atomic E-state index is -0.605. The minimum Gasteiger partial charge on any atom is -0.497 e. The maximum atomic E-state index is 12.7. The third kappa shape index (κ3) is 6.13. The van der Waals surface area contributed by atoms with Gasteiger partial charge in [0.05, 0.1) is 14.2 Å². The van der Waals surface area contributed by atoms with Crippen LogP contribution in [0.1, 0.15) is 37.0 Å². The molecular weight excluding hydrogens is 346 g/mol. The Bertz CT molecular complexity index is 620. The predicted molar refractivity (Wildman–Crippen MR) is 104 cm³/mol. The molecule has 7 nitrogen and oxygen atoms in total. The van der Waals surface area contributed by atoms with E-state index in [0.29, 0.717) is 29.5 Å². The summed E-state index contributed by atoms with van der Waals surface area (Å²) in [5.74, 6) is 0.962. The van der Waals surface area contributed by atoms with Gasteiger partial charge >= 0.3 is 0 Å². The van der Waals surface area contributed by atoms with Crippen LogP contribution >= 0.6 is 0 Å². The Morgan fingerprint density at radius 1 is 1.19 bits per heavy atom. The number of rotatable bonds is 8. The summed E-state index contributed by atoms with van der Waals surface area (Å²) in [5.41, 5.74) is 0.390. The summed E-state index contributed by atoms with van der Waals surface area (Å²) >= 11 is 0. The first-order chi connectivity index (χ1) is 12.9. The molecule has 7 heteroatoms. The van der Waals surface area contributed by atoms with Crippen LogP contribution in [-0.4, -0.2) is 51.7 Å². The fourth-order valence-corrected chi connectivity index (χ4v) is 3.15. The second-order valence-electron chi connectivity index (χ2n) is 7.25. The van der Waals surface area contributed by atoms with Crippen LogP contribution in [0.15, 0.2) is 18.2 Å². The highest BCUT2D eigenvalue weighted by Crippen LogP contribution is 2.22. The highest BCUT2D eigenvalue weighted by Gasteiger charge is 2.26. The van der Waals surface area contributed by atoms with Gasteiger partial charge in [0.2, 0.25) is 5.91 Å². The Morgan fingerprint density at radius 2 is 1.85 bits per heavy atom. The number of amides is 2. The van der Waals surface area contributed by atoms with Crippen molar-refractivity contribution in [2.45, 2.75) is 32.7 Å². The van der Waals surface area contributed by atoms with Crippen LogP contribution < -0.4 is 25.4 Å². The van der Waals surface area contributed by atoms with Crippen LogP contribution in [0.2, 0.25) is 0 Å². The second kappa shape index (κ2) is 10.2. The van der Waals surface area contributed by atoms with Crippen molar-refractivity contribution in [3.63, 3.8) is 0 Å². The summed E-state index contributed by atoms with van der Waals surface area (Å²) in [7, 11) is 3.06. The second-order valence-corrected chi connectivity index (χ2v) is 7.25. The van der Waals surface area contributed by atoms with Crippen molar-refractivity contribution in [2.24, 2.45) is 11.8 Å². The van der Waals surface area contributed by atoms with Crippen molar-refractivity contribution in [2.75, 3.05) is 33.9 Å². The van der Waals surface area contributed by atoms with E-state index in [1.807, 2.05) is 13.8 Å². The molecule has 27 heavy (non-hydrogen) atoms. The topological polar surface area (TPSA) is 88.7 Å². The maximum Gasteiger partial charge on any atom is 0.252 e. The number of carbonyl (C=O) groups excluding carboxylic acids is 2. The zero-order valence-electron chi connectivity index (χ0n) is 16.6. The monoisotopic (exact) mass is 377 g/mol. The molecule has 0 saturated carbocycles. The van der Waals surface area contributed by atoms with Crippen LogP contribution in [0.5, 0.6) is 11.5 Å². The maximum absolute atomic E-state index is 12.7. The van der Waals surface area contributed by atoms with Gasteiger partial charge in [0, 0.05) is 18.2 Å². The highest BCUT2D eigenvalue weighted by molar-refractivity contribution is 5.98. The van der Waals surface area contributed by atoms with Gasteiger partial charge in [-0.1, -0.05) is 13.8 Å². The first-order valence-corrected chi connectivity index (χ1v) is 9.47. The molecular formula is C20H31N3O4. The summed E-state index contributed by atoms with van der Waals surface area (Å²) in [4.78, 5) is 25.3. The van der Waals surface area contributed by atoms with Crippen LogP contribution in [0.3, 0.4) is 0 Å². The highest BCUT2D eigenvalue weighted by atomic mass is 16.5. The first-order valence-electron chi connectivity index (χ1n) is 9.47. The number of benzene rings is 1. The molecule has 0 bridgehead atoms. The quantitative estimate of drug-likeness (QED) is 0.640. The van der Waals surface area contributed by atoms with E-state index in [0.717, 1.165) is 25.9 Å². The number of hydrogen-bond acceptors (Lipinski definition) is 5. The molecule has 1 aliphatic heterocycles. The fraction of sp³-hybridized carbons (Fsp3) is 0.600. The van der Waals surface area contributed by atoms with Crippen LogP contribution in [0.25, 0.3) is 0 Å². The standard InChI is InChI=1S/C20H31N3O4/c1-13(2)18(20(25)22-12-14-6-5-7-21-11-14)23-19(24)15-8-16(26-3)10-17(9-15)27-4/h8-10,13-14,18,21H,5-7,11-12H2,1-4H3,(H,22,25)(H,23,24). The molecule has 3 N–H and O–H groups in total. The van der Waals surface area contributed by atoms with Crippen molar-refractivity contribution in [3.05, 3.63) is 23.8 Å². The molecule has 2 unspecified atom stereocenters. The lowest BCUT2D eigenvalue weighted by atomic mass is 9.98. The van der Waals surface area contributed by atoms with Crippen LogP contribution in [0, 0.1) is 11.8 Å². The molecule has 1 aromatic rings. The van der Waals surface area contributed by atoms with E-state index in [9.17, 15) is 9.59 Å². The molecule has 1 saturated heterocycles. The summed E-state index contributed by atoms with van der Waals surface area (Å²) in [6.45, 7) is 6.41. The molecule has 1 aliphatic rings. The number of ether oxygens (including phenoxy) is 2. The van der Waals surface area contributed by atoms with Crippen molar-refractivity contribution in [1.82, 2.24) is 16.0 Å². The van der Waals surface area contributed by atoms with Gasteiger partial charge in [0.1, 0.15) is 17.5 Å². The minimum absolute atomic E-state index is 0.0362. The molecule has 2 amide bonds. The lowest BCUT2D eigenvalue weighted by Gasteiger charge is -2.26. The molecule has 1 aromatic carbocycles. The van der Waals surface area contributed by atoms with Crippen LogP contribution in [0.4, 0.5) is 0 Å². The molecule has 0 aromatic heterocycles. The SMILES string of the molecule is COc1cc(OC)cc(C(=O)NC(C(=O)NCC2CCCNC2)C(C)C)c1. The number of carbonyl (C=O) groups is 2. The summed E-state index contributed by atoms with van der Waals surface area (Å²) in [6.07, 6.45) is 2.23. The average molecular weight is 377 g/mol. The van der Waals surface area contributed by atoms with E-state index in [1.165, 1.54) is 14.2 Å². The van der Waals surface area contributed by atoms with Gasteiger partial charge in [-0.25, -0.2) is 0 Å². The third-order valence-electron chi connectivity index (χ3n) is 4.81.